The maximum atomic E-state index is 4.85. The predicted octanol–water partition coefficient (Wildman–Crippen LogP) is 5.38. The average Bonchev–Trinajstić information content (AvgIpc) is 2.53. The molecule has 3 heteroatoms. The van der Waals surface area contributed by atoms with Gasteiger partial charge in [-0.1, -0.05) is 55.4 Å². The van der Waals surface area contributed by atoms with E-state index in [1.165, 1.54) is 11.3 Å². The third-order valence-corrected chi connectivity index (χ3v) is 4.56. The summed E-state index contributed by atoms with van der Waals surface area (Å²) in [6.07, 6.45) is 3.71. The third kappa shape index (κ3) is 5.10. The van der Waals surface area contributed by atoms with Crippen molar-refractivity contribution < 1.29 is 0 Å². The van der Waals surface area contributed by atoms with E-state index in [1.807, 2.05) is 12.3 Å². The standard InChI is InChI=1S/C22H33N3/c1-9-17-13-16(21(3,4)5)14-18(24-17)12-15(2)20-23-11-10-19(25-20)22(6,7)8/h10-11,13-15H,9,12H2,1-8H3. The van der Waals surface area contributed by atoms with Gasteiger partial charge in [0.05, 0.1) is 0 Å². The van der Waals surface area contributed by atoms with E-state index in [0.717, 1.165) is 30.1 Å². The van der Waals surface area contributed by atoms with Crippen LogP contribution < -0.4 is 0 Å². The first-order chi connectivity index (χ1) is 11.5. The molecule has 2 rings (SSSR count). The van der Waals surface area contributed by atoms with Gasteiger partial charge < -0.3 is 0 Å². The average molecular weight is 340 g/mol. The lowest BCUT2D eigenvalue weighted by Crippen LogP contribution is -2.17. The van der Waals surface area contributed by atoms with Crippen molar-refractivity contribution >= 4 is 0 Å². The number of pyridine rings is 1. The van der Waals surface area contributed by atoms with E-state index in [2.05, 4.69) is 72.5 Å². The van der Waals surface area contributed by atoms with Gasteiger partial charge in [0.15, 0.2) is 0 Å². The second-order valence-corrected chi connectivity index (χ2v) is 9.10. The molecule has 0 bridgehead atoms. The molecule has 0 spiro atoms. The normalized spacial score (nSPS) is 13.8. The number of aryl methyl sites for hydroxylation is 1. The van der Waals surface area contributed by atoms with Gasteiger partial charge >= 0.3 is 0 Å². The molecule has 0 amide bonds. The summed E-state index contributed by atoms with van der Waals surface area (Å²) in [5, 5.41) is 0. The zero-order chi connectivity index (χ0) is 18.8. The highest BCUT2D eigenvalue weighted by Gasteiger charge is 2.20. The Morgan fingerprint density at radius 3 is 2.12 bits per heavy atom. The highest BCUT2D eigenvalue weighted by Crippen LogP contribution is 2.26. The van der Waals surface area contributed by atoms with Gasteiger partial charge in [-0.3, -0.25) is 4.98 Å². The molecular formula is C22H33N3. The Morgan fingerprint density at radius 1 is 0.920 bits per heavy atom. The Balaban J connectivity index is 2.30. The van der Waals surface area contributed by atoms with E-state index >= 15 is 0 Å². The summed E-state index contributed by atoms with van der Waals surface area (Å²) in [5.41, 5.74) is 4.92. The molecule has 0 N–H and O–H groups in total. The van der Waals surface area contributed by atoms with Crippen LogP contribution >= 0.6 is 0 Å². The molecule has 25 heavy (non-hydrogen) atoms. The van der Waals surface area contributed by atoms with E-state index in [-0.39, 0.29) is 16.7 Å². The van der Waals surface area contributed by atoms with Crippen molar-refractivity contribution in [3.63, 3.8) is 0 Å². The summed E-state index contributed by atoms with van der Waals surface area (Å²) in [6.45, 7) is 17.7. The smallest absolute Gasteiger partial charge is 0.131 e. The molecule has 0 aliphatic carbocycles. The molecule has 1 atom stereocenters. The van der Waals surface area contributed by atoms with E-state index < -0.39 is 0 Å². The van der Waals surface area contributed by atoms with Crippen LogP contribution in [0.1, 0.15) is 89.8 Å². The van der Waals surface area contributed by atoms with Crippen LogP contribution in [-0.4, -0.2) is 15.0 Å². The summed E-state index contributed by atoms with van der Waals surface area (Å²) in [7, 11) is 0. The first-order valence-corrected chi connectivity index (χ1v) is 9.34. The van der Waals surface area contributed by atoms with Crippen molar-refractivity contribution in [1.29, 1.82) is 0 Å². The minimum Gasteiger partial charge on any atom is -0.258 e. The highest BCUT2D eigenvalue weighted by molar-refractivity contribution is 5.28. The minimum atomic E-state index is 0.0389. The second kappa shape index (κ2) is 7.23. The molecule has 0 aromatic carbocycles. The fourth-order valence-corrected chi connectivity index (χ4v) is 2.80. The van der Waals surface area contributed by atoms with Crippen LogP contribution in [0.25, 0.3) is 0 Å². The second-order valence-electron chi connectivity index (χ2n) is 9.10. The summed E-state index contributed by atoms with van der Waals surface area (Å²) in [4.78, 5) is 14.2. The lowest BCUT2D eigenvalue weighted by Gasteiger charge is -2.22. The molecule has 2 aromatic rings. The zero-order valence-corrected chi connectivity index (χ0v) is 17.1. The summed E-state index contributed by atoms with van der Waals surface area (Å²) in [6, 6.07) is 6.51. The van der Waals surface area contributed by atoms with Gasteiger partial charge in [-0.05, 0) is 42.0 Å². The van der Waals surface area contributed by atoms with Gasteiger partial charge in [0.25, 0.3) is 0 Å². The molecule has 0 saturated carbocycles. The zero-order valence-electron chi connectivity index (χ0n) is 17.1. The van der Waals surface area contributed by atoms with E-state index in [4.69, 9.17) is 9.97 Å². The quantitative estimate of drug-likeness (QED) is 0.751. The molecule has 1 unspecified atom stereocenters. The van der Waals surface area contributed by atoms with Crippen LogP contribution in [-0.2, 0) is 23.7 Å². The lowest BCUT2D eigenvalue weighted by atomic mass is 9.86. The van der Waals surface area contributed by atoms with Crippen molar-refractivity contribution in [2.45, 2.75) is 85.0 Å². The Bertz CT molecular complexity index is 721. The van der Waals surface area contributed by atoms with Crippen LogP contribution in [0, 0.1) is 0 Å². The van der Waals surface area contributed by atoms with Gasteiger partial charge in [0, 0.05) is 34.6 Å². The number of rotatable bonds is 4. The lowest BCUT2D eigenvalue weighted by molar-refractivity contribution is 0.553. The Morgan fingerprint density at radius 2 is 1.56 bits per heavy atom. The topological polar surface area (TPSA) is 38.7 Å². The first kappa shape index (κ1) is 19.6. The van der Waals surface area contributed by atoms with Crippen LogP contribution in [0.4, 0.5) is 0 Å². The van der Waals surface area contributed by atoms with Crippen molar-refractivity contribution in [2.75, 3.05) is 0 Å². The molecule has 0 fully saturated rings. The van der Waals surface area contributed by atoms with Gasteiger partial charge in [-0.15, -0.1) is 0 Å². The van der Waals surface area contributed by atoms with Crippen LogP contribution in [0.2, 0.25) is 0 Å². The summed E-state index contributed by atoms with van der Waals surface area (Å²) < 4.78 is 0. The molecule has 136 valence electrons. The Labute approximate surface area is 153 Å². The van der Waals surface area contributed by atoms with Crippen LogP contribution in [0.15, 0.2) is 24.4 Å². The third-order valence-electron chi connectivity index (χ3n) is 4.56. The van der Waals surface area contributed by atoms with Crippen molar-refractivity contribution in [2.24, 2.45) is 0 Å². The SMILES string of the molecule is CCc1cc(C(C)(C)C)cc(CC(C)c2nccc(C(C)(C)C)n2)n1. The van der Waals surface area contributed by atoms with E-state index in [9.17, 15) is 0 Å². The maximum Gasteiger partial charge on any atom is 0.131 e. The monoisotopic (exact) mass is 339 g/mol. The first-order valence-electron chi connectivity index (χ1n) is 9.34. The van der Waals surface area contributed by atoms with Crippen LogP contribution in [0.3, 0.4) is 0 Å². The number of hydrogen-bond donors (Lipinski definition) is 0. The van der Waals surface area contributed by atoms with Gasteiger partial charge in [0.1, 0.15) is 5.82 Å². The molecule has 0 radical (unpaired) electrons. The largest absolute Gasteiger partial charge is 0.258 e. The van der Waals surface area contributed by atoms with Crippen LogP contribution in [0.5, 0.6) is 0 Å². The van der Waals surface area contributed by atoms with Crippen molar-refractivity contribution in [1.82, 2.24) is 15.0 Å². The molecule has 2 heterocycles. The van der Waals surface area contributed by atoms with Gasteiger partial charge in [-0.2, -0.15) is 0 Å². The van der Waals surface area contributed by atoms with Crippen molar-refractivity contribution in [3.8, 4) is 0 Å². The summed E-state index contributed by atoms with van der Waals surface area (Å²) >= 11 is 0. The van der Waals surface area contributed by atoms with E-state index in [1.54, 1.807) is 0 Å². The highest BCUT2D eigenvalue weighted by atomic mass is 14.9. The Kier molecular flexibility index (Phi) is 5.65. The van der Waals surface area contributed by atoms with Gasteiger partial charge in [0.2, 0.25) is 0 Å². The summed E-state index contributed by atoms with van der Waals surface area (Å²) in [5.74, 6) is 1.16. The number of aromatic nitrogens is 3. The molecule has 0 saturated heterocycles. The molecule has 0 aliphatic heterocycles. The molecule has 0 aliphatic rings. The predicted molar refractivity (Wildman–Crippen MR) is 105 cm³/mol. The maximum absolute atomic E-state index is 4.85. The molecular weight excluding hydrogens is 306 g/mol. The number of nitrogens with zero attached hydrogens (tertiary/aromatic N) is 3. The molecule has 2 aromatic heterocycles. The van der Waals surface area contributed by atoms with Gasteiger partial charge in [-0.25, -0.2) is 9.97 Å². The van der Waals surface area contributed by atoms with E-state index in [0.29, 0.717) is 0 Å². The minimum absolute atomic E-state index is 0.0389. The van der Waals surface area contributed by atoms with Crippen molar-refractivity contribution in [3.05, 3.63) is 52.9 Å². The fourth-order valence-electron chi connectivity index (χ4n) is 2.80. The Hall–Kier alpha value is -1.77. The fraction of sp³-hybridized carbons (Fsp3) is 0.591. The number of hydrogen-bond acceptors (Lipinski definition) is 3. The molecule has 3 nitrogen and oxygen atoms in total.